The normalized spacial score (nSPS) is 14.5. The first-order valence-corrected chi connectivity index (χ1v) is 13.2. The Bertz CT molecular complexity index is 1290. The molecule has 9 nitrogen and oxygen atoms in total. The number of benzene rings is 3. The van der Waals surface area contributed by atoms with Crippen molar-refractivity contribution in [3.05, 3.63) is 76.8 Å². The Kier molecular flexibility index (Phi) is 7.48. The fourth-order valence-corrected chi connectivity index (χ4v) is 5.60. The number of nitrogens with zero attached hydrogens (tertiary/aromatic N) is 3. The van der Waals surface area contributed by atoms with Crippen molar-refractivity contribution in [3.8, 4) is 5.75 Å². The number of methoxy groups -OCH3 is 1. The van der Waals surface area contributed by atoms with Gasteiger partial charge in [0.15, 0.2) is 0 Å². The molecule has 11 heteroatoms. The van der Waals surface area contributed by atoms with Crippen molar-refractivity contribution >= 4 is 38.8 Å². The molecule has 3 aromatic rings. The van der Waals surface area contributed by atoms with Gasteiger partial charge in [0.05, 0.1) is 22.6 Å². The molecule has 0 aromatic heterocycles. The molecule has 1 saturated heterocycles. The lowest BCUT2D eigenvalue weighted by Crippen LogP contribution is -2.44. The fraction of sp³-hybridized carbons (Fsp3) is 0.250. The number of sulfonamides is 1. The highest BCUT2D eigenvalue weighted by Gasteiger charge is 2.22. The lowest BCUT2D eigenvalue weighted by atomic mass is 10.2. The third-order valence-corrected chi connectivity index (χ3v) is 8.09. The van der Waals surface area contributed by atoms with E-state index in [-0.39, 0.29) is 10.6 Å². The van der Waals surface area contributed by atoms with Crippen LogP contribution < -0.4 is 14.4 Å². The van der Waals surface area contributed by atoms with E-state index in [1.165, 1.54) is 23.9 Å². The van der Waals surface area contributed by atoms with E-state index >= 15 is 0 Å². The molecule has 1 fully saturated rings. The largest absolute Gasteiger partial charge is 0.495 e. The Balaban J connectivity index is 1.47. The highest BCUT2D eigenvalue weighted by molar-refractivity contribution is 7.99. The van der Waals surface area contributed by atoms with Crippen molar-refractivity contribution in [1.29, 1.82) is 0 Å². The second-order valence-electron chi connectivity index (χ2n) is 8.11. The molecule has 1 aliphatic rings. The average molecular weight is 515 g/mol. The standard InChI is InChI=1S/C24H26N4O5S2/c1-26-13-15-27(16-14-26)23-17-22(11-12-24(23)33-2)35(31,32)25-18-3-7-20(8-4-18)34-21-9-5-19(6-10-21)28(29)30/h3-12,17,25H,13-16H2,1-2H3. The zero-order valence-corrected chi connectivity index (χ0v) is 21.0. The SMILES string of the molecule is COc1ccc(S(=O)(=O)Nc2ccc(Sc3ccc([N+](=O)[O-])cc3)cc2)cc1N1CCN(C)CC1. The van der Waals surface area contributed by atoms with Gasteiger partial charge in [0.1, 0.15) is 5.75 Å². The van der Waals surface area contributed by atoms with Crippen molar-refractivity contribution in [1.82, 2.24) is 4.90 Å². The van der Waals surface area contributed by atoms with E-state index in [9.17, 15) is 18.5 Å². The number of nitro benzene ring substituents is 1. The first kappa shape index (κ1) is 24.8. The van der Waals surface area contributed by atoms with E-state index in [1.807, 2.05) is 0 Å². The highest BCUT2D eigenvalue weighted by Crippen LogP contribution is 2.33. The summed E-state index contributed by atoms with van der Waals surface area (Å²) in [6.07, 6.45) is 0. The highest BCUT2D eigenvalue weighted by atomic mass is 32.2. The Hall–Kier alpha value is -3.28. The van der Waals surface area contributed by atoms with Gasteiger partial charge in [-0.1, -0.05) is 11.8 Å². The lowest BCUT2D eigenvalue weighted by Gasteiger charge is -2.34. The third-order valence-electron chi connectivity index (χ3n) is 5.69. The molecule has 0 amide bonds. The third kappa shape index (κ3) is 6.05. The summed E-state index contributed by atoms with van der Waals surface area (Å²) in [4.78, 5) is 16.6. The first-order valence-electron chi connectivity index (χ1n) is 10.9. The van der Waals surface area contributed by atoms with E-state index in [2.05, 4.69) is 21.6 Å². The minimum absolute atomic E-state index is 0.0356. The van der Waals surface area contributed by atoms with Gasteiger partial charge < -0.3 is 14.5 Å². The van der Waals surface area contributed by atoms with Crippen LogP contribution in [0.4, 0.5) is 17.1 Å². The van der Waals surface area contributed by atoms with Gasteiger partial charge in [0.25, 0.3) is 15.7 Å². The van der Waals surface area contributed by atoms with E-state index in [1.54, 1.807) is 61.7 Å². The topological polar surface area (TPSA) is 105 Å². The summed E-state index contributed by atoms with van der Waals surface area (Å²) in [5, 5.41) is 10.8. The number of ether oxygens (including phenoxy) is 1. The minimum atomic E-state index is -3.81. The number of piperazine rings is 1. The number of nitrogens with one attached hydrogen (secondary N) is 1. The maximum Gasteiger partial charge on any atom is 0.269 e. The van der Waals surface area contributed by atoms with Crippen LogP contribution in [0.3, 0.4) is 0 Å². The van der Waals surface area contributed by atoms with Crippen LogP contribution in [0.15, 0.2) is 81.4 Å². The van der Waals surface area contributed by atoms with Gasteiger partial charge in [0, 0.05) is 53.8 Å². The molecule has 0 spiro atoms. The molecule has 0 atom stereocenters. The summed E-state index contributed by atoms with van der Waals surface area (Å²) in [5.41, 5.74) is 1.24. The smallest absolute Gasteiger partial charge is 0.269 e. The predicted octanol–water partition coefficient (Wildman–Crippen LogP) is 4.31. The molecule has 0 aliphatic carbocycles. The van der Waals surface area contributed by atoms with Crippen LogP contribution in [-0.4, -0.2) is 58.6 Å². The van der Waals surface area contributed by atoms with Crippen LogP contribution in [-0.2, 0) is 10.0 Å². The summed E-state index contributed by atoms with van der Waals surface area (Å²) in [6.45, 7) is 3.36. The van der Waals surface area contributed by atoms with Gasteiger partial charge >= 0.3 is 0 Å². The second-order valence-corrected chi connectivity index (χ2v) is 10.9. The minimum Gasteiger partial charge on any atom is -0.495 e. The molecule has 3 aromatic carbocycles. The summed E-state index contributed by atoms with van der Waals surface area (Å²) in [7, 11) is -0.163. The molecule has 1 aliphatic heterocycles. The van der Waals surface area contributed by atoms with Crippen molar-refractivity contribution < 1.29 is 18.1 Å². The lowest BCUT2D eigenvalue weighted by molar-refractivity contribution is -0.384. The van der Waals surface area contributed by atoms with Crippen LogP contribution in [0.1, 0.15) is 0 Å². The van der Waals surface area contributed by atoms with Crippen molar-refractivity contribution in [3.63, 3.8) is 0 Å². The molecular weight excluding hydrogens is 488 g/mol. The van der Waals surface area contributed by atoms with Crippen LogP contribution in [0.5, 0.6) is 5.75 Å². The Morgan fingerprint density at radius 3 is 2.11 bits per heavy atom. The first-order chi connectivity index (χ1) is 16.7. The Morgan fingerprint density at radius 2 is 1.54 bits per heavy atom. The summed E-state index contributed by atoms with van der Waals surface area (Å²) in [6, 6.07) is 18.1. The Morgan fingerprint density at radius 1 is 0.943 bits per heavy atom. The number of non-ortho nitro benzene ring substituents is 1. The van der Waals surface area contributed by atoms with Crippen molar-refractivity contribution in [2.45, 2.75) is 14.7 Å². The van der Waals surface area contributed by atoms with Gasteiger partial charge in [-0.05, 0) is 61.6 Å². The van der Waals surface area contributed by atoms with Gasteiger partial charge in [-0.3, -0.25) is 14.8 Å². The number of nitro groups is 1. The van der Waals surface area contributed by atoms with E-state index in [0.717, 1.165) is 41.7 Å². The van der Waals surface area contributed by atoms with Crippen LogP contribution in [0.2, 0.25) is 0 Å². The van der Waals surface area contributed by atoms with E-state index < -0.39 is 14.9 Å². The van der Waals surface area contributed by atoms with Gasteiger partial charge in [-0.2, -0.15) is 0 Å². The number of likely N-dealkylation sites (N-methyl/N-ethyl adjacent to an activating group) is 1. The molecule has 0 saturated carbocycles. The van der Waals surface area contributed by atoms with Crippen LogP contribution >= 0.6 is 11.8 Å². The maximum atomic E-state index is 13.1. The molecule has 0 radical (unpaired) electrons. The number of hydrogen-bond donors (Lipinski definition) is 1. The second kappa shape index (κ2) is 10.5. The van der Waals surface area contributed by atoms with Crippen molar-refractivity contribution in [2.24, 2.45) is 0 Å². The molecule has 0 unspecified atom stereocenters. The van der Waals surface area contributed by atoms with Crippen LogP contribution in [0.25, 0.3) is 0 Å². The summed E-state index contributed by atoms with van der Waals surface area (Å²) >= 11 is 1.43. The number of rotatable bonds is 8. The molecule has 35 heavy (non-hydrogen) atoms. The van der Waals surface area contributed by atoms with Crippen molar-refractivity contribution in [2.75, 3.05) is 50.0 Å². The molecular formula is C24H26N4O5S2. The molecule has 0 bridgehead atoms. The molecule has 1 N–H and O–H groups in total. The summed E-state index contributed by atoms with van der Waals surface area (Å²) in [5.74, 6) is 0.640. The average Bonchev–Trinajstić information content (AvgIpc) is 2.85. The predicted molar refractivity (Wildman–Crippen MR) is 137 cm³/mol. The Labute approximate surface area is 208 Å². The fourth-order valence-electron chi connectivity index (χ4n) is 3.71. The quantitative estimate of drug-likeness (QED) is 0.350. The zero-order chi connectivity index (χ0) is 25.0. The van der Waals surface area contributed by atoms with E-state index in [0.29, 0.717) is 11.4 Å². The number of anilines is 2. The van der Waals surface area contributed by atoms with Crippen LogP contribution in [0, 0.1) is 10.1 Å². The van der Waals surface area contributed by atoms with Gasteiger partial charge in [-0.15, -0.1) is 0 Å². The monoisotopic (exact) mass is 514 g/mol. The molecule has 4 rings (SSSR count). The van der Waals surface area contributed by atoms with Gasteiger partial charge in [-0.25, -0.2) is 8.42 Å². The summed E-state index contributed by atoms with van der Waals surface area (Å²) < 4.78 is 34.4. The molecule has 184 valence electrons. The zero-order valence-electron chi connectivity index (χ0n) is 19.4. The molecule has 1 heterocycles. The maximum absolute atomic E-state index is 13.1. The van der Waals surface area contributed by atoms with E-state index in [4.69, 9.17) is 4.74 Å². The van der Waals surface area contributed by atoms with Gasteiger partial charge in [0.2, 0.25) is 0 Å². The number of hydrogen-bond acceptors (Lipinski definition) is 8.